The van der Waals surface area contributed by atoms with E-state index >= 15 is 0 Å². The number of anilines is 3. The Balaban J connectivity index is 1.52. The number of carbonyl (C=O) groups excluding carboxylic acids is 1. The molecule has 8 nitrogen and oxygen atoms in total. The van der Waals surface area contributed by atoms with Crippen LogP contribution in [-0.4, -0.2) is 30.2 Å². The highest BCUT2D eigenvalue weighted by Crippen LogP contribution is 2.29. The van der Waals surface area contributed by atoms with Crippen LogP contribution in [0.4, 0.5) is 21.7 Å². The van der Waals surface area contributed by atoms with Crippen molar-refractivity contribution in [2.75, 3.05) is 10.6 Å². The van der Waals surface area contributed by atoms with Crippen molar-refractivity contribution in [3.8, 4) is 5.82 Å². The first-order valence-corrected chi connectivity index (χ1v) is 9.93. The molecule has 1 aromatic carbocycles. The Bertz CT molecular complexity index is 1340. The van der Waals surface area contributed by atoms with Crippen molar-refractivity contribution in [1.29, 1.82) is 0 Å². The summed E-state index contributed by atoms with van der Waals surface area (Å²) in [5, 5.41) is 11.1. The quantitative estimate of drug-likeness (QED) is 0.481. The van der Waals surface area contributed by atoms with Crippen molar-refractivity contribution in [3.63, 3.8) is 0 Å². The van der Waals surface area contributed by atoms with E-state index in [9.17, 15) is 9.18 Å². The predicted octanol–water partition coefficient (Wildman–Crippen LogP) is 3.88. The van der Waals surface area contributed by atoms with Gasteiger partial charge in [-0.05, 0) is 49.6 Å². The molecule has 1 amide bonds. The van der Waals surface area contributed by atoms with Crippen LogP contribution in [0.5, 0.6) is 0 Å². The number of nitrogens with zero attached hydrogens (tertiary/aromatic N) is 5. The summed E-state index contributed by atoms with van der Waals surface area (Å²) >= 11 is 0. The van der Waals surface area contributed by atoms with Gasteiger partial charge in [-0.2, -0.15) is 10.1 Å². The number of nitrogens with one attached hydrogen (secondary N) is 2. The van der Waals surface area contributed by atoms with Gasteiger partial charge in [-0.25, -0.2) is 9.37 Å². The van der Waals surface area contributed by atoms with Crippen LogP contribution in [0, 0.1) is 12.7 Å². The van der Waals surface area contributed by atoms with E-state index in [4.69, 9.17) is 0 Å². The van der Waals surface area contributed by atoms with E-state index in [0.717, 1.165) is 53.4 Å². The van der Waals surface area contributed by atoms with Crippen LogP contribution in [0.3, 0.4) is 0 Å². The molecule has 9 heteroatoms. The fourth-order valence-electron chi connectivity index (χ4n) is 3.92. The Morgan fingerprint density at radius 3 is 3.03 bits per heavy atom. The normalized spacial score (nSPS) is 12.7. The van der Waals surface area contributed by atoms with Crippen LogP contribution in [0.2, 0.25) is 0 Å². The van der Waals surface area contributed by atoms with E-state index in [1.165, 1.54) is 6.08 Å². The van der Waals surface area contributed by atoms with E-state index in [1.807, 2.05) is 29.9 Å². The highest BCUT2D eigenvalue weighted by molar-refractivity contribution is 6.00. The minimum absolute atomic E-state index is 0.141. The molecule has 156 valence electrons. The number of hydrogen-bond donors (Lipinski definition) is 2. The van der Waals surface area contributed by atoms with E-state index in [-0.39, 0.29) is 11.7 Å². The third-order valence-electron chi connectivity index (χ3n) is 5.39. The predicted molar refractivity (Wildman–Crippen MR) is 116 cm³/mol. The summed E-state index contributed by atoms with van der Waals surface area (Å²) < 4.78 is 18.4. The largest absolute Gasteiger partial charge is 0.323 e. The summed E-state index contributed by atoms with van der Waals surface area (Å²) in [5.41, 5.74) is 4.27. The summed E-state index contributed by atoms with van der Waals surface area (Å²) in [6.45, 7) is 6.28. The zero-order valence-corrected chi connectivity index (χ0v) is 16.9. The number of fused-ring (bicyclic) bond motifs is 2. The molecule has 4 heterocycles. The molecule has 0 saturated carbocycles. The lowest BCUT2D eigenvalue weighted by atomic mass is 10.2. The maximum absolute atomic E-state index is 14.7. The van der Waals surface area contributed by atoms with Gasteiger partial charge in [-0.15, -0.1) is 0 Å². The van der Waals surface area contributed by atoms with Gasteiger partial charge >= 0.3 is 0 Å². The molecular formula is C22H20FN7O. The minimum Gasteiger partial charge on any atom is -0.323 e. The van der Waals surface area contributed by atoms with Crippen LogP contribution >= 0.6 is 0 Å². The topological polar surface area (TPSA) is 89.7 Å². The molecule has 3 aromatic heterocycles. The molecule has 0 unspecified atom stereocenters. The Hall–Kier alpha value is -4.01. The van der Waals surface area contributed by atoms with E-state index in [1.54, 1.807) is 16.8 Å². The van der Waals surface area contributed by atoms with Crippen molar-refractivity contribution in [2.24, 2.45) is 0 Å². The fraction of sp³-hybridized carbons (Fsp3) is 0.182. The molecule has 0 atom stereocenters. The molecule has 31 heavy (non-hydrogen) atoms. The molecule has 0 spiro atoms. The van der Waals surface area contributed by atoms with Gasteiger partial charge in [0.05, 0.1) is 29.3 Å². The lowest BCUT2D eigenvalue weighted by Gasteiger charge is -2.10. The second-order valence-corrected chi connectivity index (χ2v) is 7.43. The van der Waals surface area contributed by atoms with Crippen LogP contribution in [-0.2, 0) is 17.8 Å². The van der Waals surface area contributed by atoms with Gasteiger partial charge in [0.2, 0.25) is 11.9 Å². The highest BCUT2D eigenvalue weighted by atomic mass is 19.1. The minimum atomic E-state index is -0.535. The molecular weight excluding hydrogens is 397 g/mol. The molecule has 4 aromatic rings. The average Bonchev–Trinajstić information content (AvgIpc) is 3.46. The van der Waals surface area contributed by atoms with Gasteiger partial charge in [0.25, 0.3) is 0 Å². The lowest BCUT2D eigenvalue weighted by molar-refractivity contribution is -0.111. The highest BCUT2D eigenvalue weighted by Gasteiger charge is 2.19. The summed E-state index contributed by atoms with van der Waals surface area (Å²) in [5.74, 6) is -0.386. The van der Waals surface area contributed by atoms with Crippen LogP contribution in [0.1, 0.15) is 17.7 Å². The van der Waals surface area contributed by atoms with E-state index < -0.39 is 5.82 Å². The molecule has 0 saturated heterocycles. The standard InChI is InChI=1S/C22H20FN7O/c1-3-20(31)26-14-6-7-18-15(9-14)13(2)12-29(18)21-16(23)10-24-22(28-21)27-17-11-25-30-8-4-5-19(17)30/h3,6-7,9-12H,1,4-5,8H2,2H3,(H,26,31)(H,24,27,28). The maximum atomic E-state index is 14.7. The zero-order valence-electron chi connectivity index (χ0n) is 16.9. The van der Waals surface area contributed by atoms with Gasteiger partial charge in [0.1, 0.15) is 0 Å². The van der Waals surface area contributed by atoms with Crippen LogP contribution in [0.15, 0.2) is 49.4 Å². The number of carbonyl (C=O) groups is 1. The van der Waals surface area contributed by atoms with Gasteiger partial charge in [-0.1, -0.05) is 6.58 Å². The third-order valence-corrected chi connectivity index (χ3v) is 5.39. The summed E-state index contributed by atoms with van der Waals surface area (Å²) in [7, 11) is 0. The molecule has 0 fully saturated rings. The van der Waals surface area contributed by atoms with Crippen molar-refractivity contribution >= 4 is 34.1 Å². The first-order valence-electron chi connectivity index (χ1n) is 9.93. The Morgan fingerprint density at radius 2 is 2.19 bits per heavy atom. The maximum Gasteiger partial charge on any atom is 0.247 e. The molecule has 0 bridgehead atoms. The molecule has 0 radical (unpaired) electrons. The number of benzene rings is 1. The Labute approximate surface area is 177 Å². The van der Waals surface area contributed by atoms with Gasteiger partial charge in [0, 0.05) is 23.8 Å². The van der Waals surface area contributed by atoms with Crippen molar-refractivity contribution < 1.29 is 9.18 Å². The first-order chi connectivity index (χ1) is 15.0. The number of amides is 1. The van der Waals surface area contributed by atoms with Crippen molar-refractivity contribution in [1.82, 2.24) is 24.3 Å². The van der Waals surface area contributed by atoms with Gasteiger partial charge in [-0.3, -0.25) is 14.0 Å². The second kappa shape index (κ2) is 7.35. The summed E-state index contributed by atoms with van der Waals surface area (Å²) in [4.78, 5) is 20.1. The monoisotopic (exact) mass is 417 g/mol. The third kappa shape index (κ3) is 3.33. The Kier molecular flexibility index (Phi) is 4.50. The molecule has 1 aliphatic rings. The molecule has 1 aliphatic heterocycles. The van der Waals surface area contributed by atoms with Crippen molar-refractivity contribution in [2.45, 2.75) is 26.3 Å². The first kappa shape index (κ1) is 19.0. The lowest BCUT2D eigenvalue weighted by Crippen LogP contribution is -2.07. The summed E-state index contributed by atoms with van der Waals surface area (Å²) in [6.07, 6.45) is 7.92. The van der Waals surface area contributed by atoms with Crippen molar-refractivity contribution in [3.05, 3.63) is 66.5 Å². The number of rotatable bonds is 5. The fourth-order valence-corrected chi connectivity index (χ4v) is 3.92. The number of hydrogen-bond acceptors (Lipinski definition) is 5. The van der Waals surface area contributed by atoms with Crippen LogP contribution in [0.25, 0.3) is 16.7 Å². The average molecular weight is 417 g/mol. The van der Waals surface area contributed by atoms with Gasteiger partial charge in [0.15, 0.2) is 11.6 Å². The van der Waals surface area contributed by atoms with E-state index in [2.05, 4.69) is 32.3 Å². The number of halogens is 1. The molecule has 2 N–H and O–H groups in total. The number of aryl methyl sites for hydroxylation is 2. The van der Waals surface area contributed by atoms with Crippen LogP contribution < -0.4 is 10.6 Å². The smallest absolute Gasteiger partial charge is 0.247 e. The molecule has 0 aliphatic carbocycles. The second-order valence-electron chi connectivity index (χ2n) is 7.43. The summed E-state index contributed by atoms with van der Waals surface area (Å²) in [6, 6.07) is 5.42. The molecule has 5 rings (SSSR count). The Morgan fingerprint density at radius 1 is 1.32 bits per heavy atom. The van der Waals surface area contributed by atoms with E-state index in [0.29, 0.717) is 11.6 Å². The number of aromatic nitrogens is 5. The zero-order chi connectivity index (χ0) is 21.5. The van der Waals surface area contributed by atoms with Gasteiger partial charge < -0.3 is 10.6 Å². The SMILES string of the molecule is C=CC(=O)Nc1ccc2c(c1)c(C)cn2-c1nc(Nc2cnn3c2CCC3)ncc1F.